The summed E-state index contributed by atoms with van der Waals surface area (Å²) in [6.07, 6.45) is 12.6. The van der Waals surface area contributed by atoms with E-state index in [0.717, 1.165) is 32.5 Å². The molecule has 0 unspecified atom stereocenters. The lowest BCUT2D eigenvalue weighted by Gasteiger charge is -2.15. The Morgan fingerprint density at radius 2 is 2.00 bits per heavy atom. The largest absolute Gasteiger partial charge is 0.481 e. The minimum atomic E-state index is -0.700. The van der Waals surface area contributed by atoms with Crippen LogP contribution in [0.4, 0.5) is 0 Å². The lowest BCUT2D eigenvalue weighted by molar-refractivity contribution is -0.137. The number of aliphatic carboxylic acids is 1. The van der Waals surface area contributed by atoms with Crippen LogP contribution in [0, 0.1) is 11.8 Å². The topological polar surface area (TPSA) is 46.5 Å². The molecule has 0 aromatic heterocycles. The van der Waals surface area contributed by atoms with Gasteiger partial charge in [-0.05, 0) is 55.4 Å². The van der Waals surface area contributed by atoms with Crippen molar-refractivity contribution in [1.82, 2.24) is 0 Å². The lowest BCUT2D eigenvalue weighted by Crippen LogP contribution is -2.12. The normalized spacial score (nSPS) is 21.7. The highest BCUT2D eigenvalue weighted by molar-refractivity contribution is 7.99. The van der Waals surface area contributed by atoms with E-state index in [1.54, 1.807) is 0 Å². The van der Waals surface area contributed by atoms with Gasteiger partial charge in [0.25, 0.3) is 0 Å². The Labute approximate surface area is 139 Å². The summed E-state index contributed by atoms with van der Waals surface area (Å²) in [7, 11) is 0. The van der Waals surface area contributed by atoms with E-state index < -0.39 is 5.97 Å². The van der Waals surface area contributed by atoms with Crippen molar-refractivity contribution in [2.45, 2.75) is 58.3 Å². The second kappa shape index (κ2) is 13.0. The average Bonchev–Trinajstić information content (AvgIpc) is 2.93. The third-order valence-corrected chi connectivity index (χ3v) is 5.32. The number of carboxylic acids is 1. The zero-order chi connectivity index (χ0) is 16.0. The maximum absolute atomic E-state index is 10.4. The summed E-state index contributed by atoms with van der Waals surface area (Å²) in [4.78, 5) is 10.4. The van der Waals surface area contributed by atoms with Crippen LogP contribution >= 0.6 is 11.8 Å². The highest BCUT2D eigenvalue weighted by Crippen LogP contribution is 2.28. The predicted octanol–water partition coefficient (Wildman–Crippen LogP) is 4.76. The highest BCUT2D eigenvalue weighted by atomic mass is 32.2. The molecule has 0 radical (unpaired) electrons. The van der Waals surface area contributed by atoms with Crippen molar-refractivity contribution < 1.29 is 14.6 Å². The van der Waals surface area contributed by atoms with Crippen LogP contribution in [0.3, 0.4) is 0 Å². The van der Waals surface area contributed by atoms with Gasteiger partial charge in [-0.1, -0.05) is 31.9 Å². The van der Waals surface area contributed by atoms with Gasteiger partial charge in [0.1, 0.15) is 0 Å². The molecule has 1 aliphatic heterocycles. The minimum absolute atomic E-state index is 0.273. The molecule has 1 N–H and O–H groups in total. The fourth-order valence-electron chi connectivity index (χ4n) is 2.77. The molecule has 128 valence electrons. The van der Waals surface area contributed by atoms with E-state index in [1.807, 2.05) is 0 Å². The molecule has 0 aromatic carbocycles. The molecular weight excluding hydrogens is 296 g/mol. The summed E-state index contributed by atoms with van der Waals surface area (Å²) in [5.74, 6) is 3.23. The number of hydrogen-bond donors (Lipinski definition) is 1. The summed E-state index contributed by atoms with van der Waals surface area (Å²) < 4.78 is 5.65. The number of rotatable bonds is 13. The molecule has 0 spiro atoms. The van der Waals surface area contributed by atoms with Crippen LogP contribution in [0.5, 0.6) is 0 Å². The fraction of sp³-hybridized carbons (Fsp3) is 0.833. The van der Waals surface area contributed by atoms with Gasteiger partial charge in [-0.15, -0.1) is 0 Å². The highest BCUT2D eigenvalue weighted by Gasteiger charge is 2.26. The van der Waals surface area contributed by atoms with Crippen LogP contribution in [0.15, 0.2) is 12.2 Å². The third-order valence-electron chi connectivity index (χ3n) is 4.22. The second-order valence-corrected chi connectivity index (χ2v) is 7.38. The Hall–Kier alpha value is -0.480. The molecule has 2 atom stereocenters. The van der Waals surface area contributed by atoms with Gasteiger partial charge in [-0.2, -0.15) is 11.8 Å². The zero-order valence-corrected chi connectivity index (χ0v) is 14.8. The van der Waals surface area contributed by atoms with Crippen molar-refractivity contribution in [2.24, 2.45) is 11.8 Å². The second-order valence-electron chi connectivity index (χ2n) is 6.16. The first kappa shape index (κ1) is 19.6. The number of hydrogen-bond acceptors (Lipinski definition) is 3. The van der Waals surface area contributed by atoms with Crippen molar-refractivity contribution >= 4 is 17.7 Å². The van der Waals surface area contributed by atoms with E-state index >= 15 is 0 Å². The first-order chi connectivity index (χ1) is 10.7. The van der Waals surface area contributed by atoms with E-state index in [1.165, 1.54) is 37.2 Å². The maximum atomic E-state index is 10.4. The molecule has 1 fully saturated rings. The Bertz CT molecular complexity index is 317. The number of ether oxygens (including phenoxy) is 1. The van der Waals surface area contributed by atoms with Crippen molar-refractivity contribution in [1.29, 1.82) is 0 Å². The summed E-state index contributed by atoms with van der Waals surface area (Å²) >= 11 is 2.09. The third kappa shape index (κ3) is 9.52. The first-order valence-corrected chi connectivity index (χ1v) is 9.91. The summed E-state index contributed by atoms with van der Waals surface area (Å²) in [6.45, 7) is 4.07. The summed E-state index contributed by atoms with van der Waals surface area (Å²) in [5.41, 5.74) is 0. The average molecular weight is 329 g/mol. The van der Waals surface area contributed by atoms with Gasteiger partial charge in [0.15, 0.2) is 0 Å². The van der Waals surface area contributed by atoms with Crippen LogP contribution < -0.4 is 0 Å². The van der Waals surface area contributed by atoms with Crippen molar-refractivity contribution in [3.63, 3.8) is 0 Å². The Morgan fingerprint density at radius 1 is 1.18 bits per heavy atom. The van der Waals surface area contributed by atoms with E-state index in [4.69, 9.17) is 9.84 Å². The van der Waals surface area contributed by atoms with Gasteiger partial charge >= 0.3 is 5.97 Å². The quantitative estimate of drug-likeness (QED) is 0.391. The van der Waals surface area contributed by atoms with E-state index in [-0.39, 0.29) is 6.42 Å². The summed E-state index contributed by atoms with van der Waals surface area (Å²) in [5, 5.41) is 8.59. The monoisotopic (exact) mass is 328 g/mol. The van der Waals surface area contributed by atoms with Gasteiger partial charge in [-0.25, -0.2) is 0 Å². The summed E-state index contributed by atoms with van der Waals surface area (Å²) in [6, 6.07) is 0. The van der Waals surface area contributed by atoms with Crippen molar-refractivity contribution in [2.75, 3.05) is 24.7 Å². The van der Waals surface area contributed by atoms with Gasteiger partial charge in [-0.3, -0.25) is 4.79 Å². The number of thioether (sulfide) groups is 1. The lowest BCUT2D eigenvalue weighted by atomic mass is 9.90. The van der Waals surface area contributed by atoms with Crippen LogP contribution in [-0.2, 0) is 9.53 Å². The molecule has 0 aliphatic carbocycles. The molecule has 1 aliphatic rings. The zero-order valence-electron chi connectivity index (χ0n) is 14.0. The molecule has 0 bridgehead atoms. The molecule has 4 heteroatoms. The van der Waals surface area contributed by atoms with Gasteiger partial charge in [0.2, 0.25) is 0 Å². The standard InChI is InChI=1S/C18H32O3S/c1-2-3-8-12-22-13-11-17-15-21-14-16(17)9-6-4-5-7-10-18(19)20/h4,6,16-17H,2-3,5,7-15H2,1H3,(H,19,20)/b6-4-/t16-,17+/m0/s1. The molecule has 0 amide bonds. The van der Waals surface area contributed by atoms with Crippen molar-refractivity contribution in [3.05, 3.63) is 12.2 Å². The molecule has 22 heavy (non-hydrogen) atoms. The Balaban J connectivity index is 2.07. The molecule has 3 nitrogen and oxygen atoms in total. The van der Waals surface area contributed by atoms with Crippen LogP contribution in [0.1, 0.15) is 58.3 Å². The van der Waals surface area contributed by atoms with E-state index in [2.05, 4.69) is 30.8 Å². The number of allylic oxidation sites excluding steroid dienone is 2. The van der Waals surface area contributed by atoms with Crippen LogP contribution in [0.25, 0.3) is 0 Å². The maximum Gasteiger partial charge on any atom is 0.303 e. The predicted molar refractivity (Wildman–Crippen MR) is 94.5 cm³/mol. The van der Waals surface area contributed by atoms with Crippen molar-refractivity contribution in [3.8, 4) is 0 Å². The van der Waals surface area contributed by atoms with Gasteiger partial charge in [0.05, 0.1) is 6.61 Å². The van der Waals surface area contributed by atoms with Crippen LogP contribution in [0.2, 0.25) is 0 Å². The molecule has 0 saturated carbocycles. The van der Waals surface area contributed by atoms with E-state index in [9.17, 15) is 4.79 Å². The van der Waals surface area contributed by atoms with Crippen LogP contribution in [-0.4, -0.2) is 35.8 Å². The SMILES string of the molecule is CCCCCSCC[C@@H]1COC[C@@H]1C/C=C\CCCC(=O)O. The van der Waals surface area contributed by atoms with Gasteiger partial charge < -0.3 is 9.84 Å². The van der Waals surface area contributed by atoms with E-state index in [0.29, 0.717) is 11.8 Å². The number of carboxylic acid groups (broad SMARTS) is 1. The number of unbranched alkanes of at least 4 members (excludes halogenated alkanes) is 3. The molecule has 1 saturated heterocycles. The smallest absolute Gasteiger partial charge is 0.303 e. The molecule has 1 heterocycles. The first-order valence-electron chi connectivity index (χ1n) is 8.76. The Kier molecular flexibility index (Phi) is 11.6. The molecule has 1 rings (SSSR count). The Morgan fingerprint density at radius 3 is 2.77 bits per heavy atom. The molecular formula is C18H32O3S. The number of carbonyl (C=O) groups is 1. The fourth-order valence-corrected chi connectivity index (χ4v) is 3.86. The minimum Gasteiger partial charge on any atom is -0.481 e. The van der Waals surface area contributed by atoms with Gasteiger partial charge in [0, 0.05) is 13.0 Å². The molecule has 0 aromatic rings.